The van der Waals surface area contributed by atoms with Crippen LogP contribution in [0.25, 0.3) is 0 Å². The Kier molecular flexibility index (Phi) is 13.9. The van der Waals surface area contributed by atoms with Gasteiger partial charge in [-0.15, -0.1) is 0 Å². The molecule has 0 aromatic heterocycles. The fraction of sp³-hybridized carbons (Fsp3) is 0.692. The van der Waals surface area contributed by atoms with Crippen molar-refractivity contribution in [1.82, 2.24) is 4.90 Å². The first-order chi connectivity index (χ1) is 15.0. The van der Waals surface area contributed by atoms with Crippen LogP contribution < -0.4 is 11.5 Å². The maximum absolute atomic E-state index is 13.5. The lowest BCUT2D eigenvalue weighted by Crippen LogP contribution is -2.64. The van der Waals surface area contributed by atoms with Gasteiger partial charge in [0.1, 0.15) is 5.84 Å². The van der Waals surface area contributed by atoms with E-state index >= 15 is 0 Å². The Bertz CT molecular complexity index is 603. The van der Waals surface area contributed by atoms with Crippen LogP contribution in [0.1, 0.15) is 96.5 Å². The van der Waals surface area contributed by atoms with E-state index in [1.54, 1.807) is 0 Å². The second-order valence-corrected chi connectivity index (χ2v) is 8.88. The molecule has 1 rings (SSSR count). The second kappa shape index (κ2) is 15.9. The van der Waals surface area contributed by atoms with E-state index in [0.717, 1.165) is 31.2 Å². The number of hydrogen-bond donors (Lipinski definition) is 3. The minimum Gasteiger partial charge on any atom is -0.386 e. The summed E-state index contributed by atoms with van der Waals surface area (Å²) >= 11 is 0. The van der Waals surface area contributed by atoms with Crippen molar-refractivity contribution in [3.63, 3.8) is 0 Å². The Labute approximate surface area is 190 Å². The SMILES string of the molecule is CCCCCCCCN(CCCCCCCC)C(=O)[C@@](N)(Cc1ccccc1)C(=N)N. The van der Waals surface area contributed by atoms with Crippen LogP contribution in [-0.2, 0) is 11.2 Å². The molecule has 0 unspecified atom stereocenters. The summed E-state index contributed by atoms with van der Waals surface area (Å²) in [5.74, 6) is -0.455. The second-order valence-electron chi connectivity index (χ2n) is 8.88. The number of amidine groups is 1. The van der Waals surface area contributed by atoms with Crippen molar-refractivity contribution in [3.8, 4) is 0 Å². The summed E-state index contributed by atoms with van der Waals surface area (Å²) in [6.07, 6.45) is 14.4. The molecule has 0 fully saturated rings. The van der Waals surface area contributed by atoms with E-state index in [0.29, 0.717) is 13.1 Å². The van der Waals surface area contributed by atoms with Crippen molar-refractivity contribution in [1.29, 1.82) is 5.41 Å². The Morgan fingerprint density at radius 1 is 0.839 bits per heavy atom. The molecule has 0 saturated carbocycles. The lowest BCUT2D eigenvalue weighted by atomic mass is 9.88. The van der Waals surface area contributed by atoms with Gasteiger partial charge in [0, 0.05) is 19.5 Å². The predicted molar refractivity (Wildman–Crippen MR) is 132 cm³/mol. The van der Waals surface area contributed by atoms with Crippen LogP contribution in [0.2, 0.25) is 0 Å². The molecule has 0 aliphatic heterocycles. The van der Waals surface area contributed by atoms with Crippen LogP contribution >= 0.6 is 0 Å². The molecule has 1 aromatic rings. The van der Waals surface area contributed by atoms with Crippen LogP contribution in [0, 0.1) is 5.41 Å². The highest BCUT2D eigenvalue weighted by Gasteiger charge is 2.40. The number of rotatable bonds is 18. The zero-order valence-corrected chi connectivity index (χ0v) is 20.0. The number of hydrogen-bond acceptors (Lipinski definition) is 3. The van der Waals surface area contributed by atoms with E-state index in [-0.39, 0.29) is 18.2 Å². The van der Waals surface area contributed by atoms with Crippen molar-refractivity contribution >= 4 is 11.7 Å². The van der Waals surface area contributed by atoms with Crippen LogP contribution in [0.4, 0.5) is 0 Å². The lowest BCUT2D eigenvalue weighted by Gasteiger charge is -2.34. The number of carbonyl (C=O) groups excluding carboxylic acids is 1. The van der Waals surface area contributed by atoms with Gasteiger partial charge >= 0.3 is 0 Å². The zero-order chi connectivity index (χ0) is 23.0. The maximum Gasteiger partial charge on any atom is 0.250 e. The maximum atomic E-state index is 13.5. The number of nitrogens with one attached hydrogen (secondary N) is 1. The third-order valence-corrected chi connectivity index (χ3v) is 6.04. The number of carbonyl (C=O) groups is 1. The average molecular weight is 431 g/mol. The molecule has 5 heteroatoms. The summed E-state index contributed by atoms with van der Waals surface area (Å²) in [6.45, 7) is 5.83. The molecule has 0 aliphatic carbocycles. The summed E-state index contributed by atoms with van der Waals surface area (Å²) in [7, 11) is 0. The quantitative estimate of drug-likeness (QED) is 0.165. The van der Waals surface area contributed by atoms with E-state index in [9.17, 15) is 4.79 Å². The number of nitrogens with zero attached hydrogens (tertiary/aromatic N) is 1. The highest BCUT2D eigenvalue weighted by molar-refractivity contribution is 6.10. The summed E-state index contributed by atoms with van der Waals surface area (Å²) in [5, 5.41) is 8.11. The van der Waals surface area contributed by atoms with Crippen LogP contribution in [0.15, 0.2) is 30.3 Å². The molecule has 0 radical (unpaired) electrons. The number of benzene rings is 1. The van der Waals surface area contributed by atoms with Crippen LogP contribution in [0.5, 0.6) is 0 Å². The lowest BCUT2D eigenvalue weighted by molar-refractivity contribution is -0.134. The Balaban J connectivity index is 2.77. The molecule has 0 saturated heterocycles. The third kappa shape index (κ3) is 10.3. The Hall–Kier alpha value is -1.88. The van der Waals surface area contributed by atoms with Gasteiger partial charge in [-0.25, -0.2) is 0 Å². The molecular formula is C26H46N4O. The molecule has 5 nitrogen and oxygen atoms in total. The number of nitrogens with two attached hydrogens (primary N) is 2. The van der Waals surface area contributed by atoms with Crippen molar-refractivity contribution in [2.45, 2.75) is 103 Å². The molecular weight excluding hydrogens is 384 g/mol. The van der Waals surface area contributed by atoms with Crippen LogP contribution in [-0.4, -0.2) is 35.3 Å². The molecule has 0 heterocycles. The fourth-order valence-electron chi connectivity index (χ4n) is 3.97. The van der Waals surface area contributed by atoms with Gasteiger partial charge in [0.15, 0.2) is 5.54 Å². The number of unbranched alkanes of at least 4 members (excludes halogenated alkanes) is 10. The number of amides is 1. The smallest absolute Gasteiger partial charge is 0.250 e. The van der Waals surface area contributed by atoms with Crippen molar-refractivity contribution in [2.75, 3.05) is 13.1 Å². The summed E-state index contributed by atoms with van der Waals surface area (Å²) < 4.78 is 0. The first-order valence-corrected chi connectivity index (χ1v) is 12.4. The molecule has 176 valence electrons. The minimum atomic E-state index is -1.48. The van der Waals surface area contributed by atoms with Crippen molar-refractivity contribution < 1.29 is 4.79 Å². The monoisotopic (exact) mass is 430 g/mol. The van der Waals surface area contributed by atoms with Gasteiger partial charge in [-0.2, -0.15) is 0 Å². The minimum absolute atomic E-state index is 0.203. The van der Waals surface area contributed by atoms with Gasteiger partial charge in [0.25, 0.3) is 5.91 Å². The normalized spacial score (nSPS) is 13.0. The summed E-state index contributed by atoms with van der Waals surface area (Å²) in [4.78, 5) is 15.4. The van der Waals surface area contributed by atoms with E-state index in [2.05, 4.69) is 13.8 Å². The zero-order valence-electron chi connectivity index (χ0n) is 20.0. The van der Waals surface area contributed by atoms with E-state index in [4.69, 9.17) is 16.9 Å². The van der Waals surface area contributed by atoms with Crippen LogP contribution in [0.3, 0.4) is 0 Å². The Morgan fingerprint density at radius 2 is 1.29 bits per heavy atom. The molecule has 1 atom stereocenters. The predicted octanol–water partition coefficient (Wildman–Crippen LogP) is 5.41. The third-order valence-electron chi connectivity index (χ3n) is 6.04. The van der Waals surface area contributed by atoms with Crippen molar-refractivity contribution in [3.05, 3.63) is 35.9 Å². The largest absolute Gasteiger partial charge is 0.386 e. The molecule has 5 N–H and O–H groups in total. The van der Waals surface area contributed by atoms with E-state index in [1.807, 2.05) is 35.2 Å². The molecule has 0 spiro atoms. The van der Waals surface area contributed by atoms with E-state index in [1.165, 1.54) is 51.4 Å². The summed E-state index contributed by atoms with van der Waals surface area (Å²) in [6, 6.07) is 9.64. The standard InChI is InChI=1S/C26H46N4O/c1-3-5-7-9-11-16-20-30(21-17-12-10-8-6-4-2)25(31)26(29,24(27)28)22-23-18-14-13-15-19-23/h13-15,18-19H,3-12,16-17,20-22,29H2,1-2H3,(H3,27,28)/t26-/m1/s1. The van der Waals surface area contributed by atoms with E-state index < -0.39 is 5.54 Å². The molecule has 1 aromatic carbocycles. The van der Waals surface area contributed by atoms with Gasteiger partial charge in [0.05, 0.1) is 0 Å². The van der Waals surface area contributed by atoms with Gasteiger partial charge in [-0.05, 0) is 18.4 Å². The highest BCUT2D eigenvalue weighted by atomic mass is 16.2. The van der Waals surface area contributed by atoms with Gasteiger partial charge in [0.2, 0.25) is 0 Å². The topological polar surface area (TPSA) is 96.2 Å². The molecule has 31 heavy (non-hydrogen) atoms. The van der Waals surface area contributed by atoms with Crippen molar-refractivity contribution in [2.24, 2.45) is 11.5 Å². The van der Waals surface area contributed by atoms with Gasteiger partial charge in [-0.3, -0.25) is 10.2 Å². The summed E-state index contributed by atoms with van der Waals surface area (Å²) in [5.41, 5.74) is 11.8. The molecule has 1 amide bonds. The first kappa shape index (κ1) is 27.2. The fourth-order valence-corrected chi connectivity index (χ4v) is 3.97. The first-order valence-electron chi connectivity index (χ1n) is 12.4. The average Bonchev–Trinajstić information content (AvgIpc) is 2.77. The highest BCUT2D eigenvalue weighted by Crippen LogP contribution is 2.17. The molecule has 0 aliphatic rings. The van der Waals surface area contributed by atoms with Gasteiger partial charge < -0.3 is 16.4 Å². The van der Waals surface area contributed by atoms with Gasteiger partial charge in [-0.1, -0.05) is 108 Å². The molecule has 0 bridgehead atoms. The Morgan fingerprint density at radius 3 is 1.74 bits per heavy atom.